The van der Waals surface area contributed by atoms with Crippen molar-refractivity contribution >= 4 is 36.3 Å². The number of esters is 3. The van der Waals surface area contributed by atoms with Gasteiger partial charge in [-0.3, -0.25) is 10.2 Å². The van der Waals surface area contributed by atoms with Crippen LogP contribution in [-0.4, -0.2) is 43.6 Å². The minimum absolute atomic E-state index is 0. The lowest BCUT2D eigenvalue weighted by molar-refractivity contribution is -0.146. The lowest BCUT2D eigenvalue weighted by atomic mass is 9.82. The molecule has 0 atom stereocenters. The van der Waals surface area contributed by atoms with Crippen LogP contribution in [-0.2, 0) is 19.1 Å². The molecule has 1 aromatic rings. The van der Waals surface area contributed by atoms with Crippen molar-refractivity contribution in [3.63, 3.8) is 0 Å². The zero-order valence-corrected chi connectivity index (χ0v) is 17.7. The van der Waals surface area contributed by atoms with Crippen LogP contribution in [0.2, 0.25) is 0 Å². The van der Waals surface area contributed by atoms with Gasteiger partial charge in [0.1, 0.15) is 5.75 Å². The summed E-state index contributed by atoms with van der Waals surface area (Å²) in [5.74, 6) is -1.04. The number of hydrogen-bond donors (Lipinski definition) is 3. The molecule has 0 aliphatic heterocycles. The molecule has 0 unspecified atom stereocenters. The number of nitrogens with one attached hydrogen (secondary N) is 2. The monoisotopic (exact) mass is 441 g/mol. The zero-order valence-electron chi connectivity index (χ0n) is 16.8. The Morgan fingerprint density at radius 3 is 2.30 bits per heavy atom. The Kier molecular flexibility index (Phi) is 10.7. The molecule has 166 valence electrons. The van der Waals surface area contributed by atoms with E-state index in [9.17, 15) is 14.4 Å². The van der Waals surface area contributed by atoms with Gasteiger partial charge in [0.25, 0.3) is 0 Å². The average Bonchev–Trinajstić information content (AvgIpc) is 2.71. The molecule has 0 radical (unpaired) electrons. The minimum atomic E-state index is -0.659. The first kappa shape index (κ1) is 25.2. The van der Waals surface area contributed by atoms with Crippen LogP contribution in [0, 0.1) is 17.2 Å². The summed E-state index contributed by atoms with van der Waals surface area (Å²) < 4.78 is 15.0. The molecule has 0 heterocycles. The van der Waals surface area contributed by atoms with Crippen molar-refractivity contribution in [2.24, 2.45) is 17.6 Å². The summed E-state index contributed by atoms with van der Waals surface area (Å²) in [6.07, 6.45) is 3.18. The lowest BCUT2D eigenvalue weighted by Crippen LogP contribution is -2.36. The van der Waals surface area contributed by atoms with Crippen LogP contribution in [0.1, 0.15) is 43.0 Å². The maximum Gasteiger partial charge on any atom is 0.344 e. The van der Waals surface area contributed by atoms with Crippen molar-refractivity contribution in [2.45, 2.75) is 32.6 Å². The number of nitrogens with two attached hydrogens (primary N) is 1. The van der Waals surface area contributed by atoms with E-state index in [1.165, 1.54) is 24.3 Å². The predicted molar refractivity (Wildman–Crippen MR) is 112 cm³/mol. The van der Waals surface area contributed by atoms with Gasteiger partial charge in [0.05, 0.1) is 18.1 Å². The van der Waals surface area contributed by atoms with Crippen LogP contribution < -0.4 is 15.8 Å². The van der Waals surface area contributed by atoms with Gasteiger partial charge in [-0.2, -0.15) is 0 Å². The number of carbonyl (C=O) groups is 3. The molecule has 10 heteroatoms. The van der Waals surface area contributed by atoms with Gasteiger partial charge in [-0.1, -0.05) is 0 Å². The van der Waals surface area contributed by atoms with E-state index in [1.54, 1.807) is 6.92 Å². The van der Waals surface area contributed by atoms with E-state index in [2.05, 4.69) is 10.1 Å². The van der Waals surface area contributed by atoms with Gasteiger partial charge < -0.3 is 25.3 Å². The van der Waals surface area contributed by atoms with Crippen LogP contribution in [0.4, 0.5) is 0 Å². The van der Waals surface area contributed by atoms with Gasteiger partial charge in [-0.25, -0.2) is 9.59 Å². The number of halogens is 1. The van der Waals surface area contributed by atoms with E-state index in [-0.39, 0.29) is 42.4 Å². The SMILES string of the molecule is CCOC(=O)COC(=O)c1ccc(OC(=O)[C@H]2CC[C@H](CNC(=N)N)CC2)cc1.Cl. The predicted octanol–water partition coefficient (Wildman–Crippen LogP) is 2.02. The summed E-state index contributed by atoms with van der Waals surface area (Å²) in [5, 5.41) is 10.0. The first-order valence-corrected chi connectivity index (χ1v) is 9.61. The summed E-state index contributed by atoms with van der Waals surface area (Å²) >= 11 is 0. The summed E-state index contributed by atoms with van der Waals surface area (Å²) in [6, 6.07) is 5.98. The molecular formula is C20H28ClN3O6. The van der Waals surface area contributed by atoms with Gasteiger partial charge in [0.2, 0.25) is 0 Å². The highest BCUT2D eigenvalue weighted by Gasteiger charge is 2.27. The van der Waals surface area contributed by atoms with Gasteiger partial charge in [-0.15, -0.1) is 12.4 Å². The van der Waals surface area contributed by atoms with E-state index in [1.807, 2.05) is 0 Å². The first-order valence-electron chi connectivity index (χ1n) is 9.61. The number of ether oxygens (including phenoxy) is 3. The molecular weight excluding hydrogens is 414 g/mol. The Balaban J connectivity index is 0.00000450. The second-order valence-corrected chi connectivity index (χ2v) is 6.84. The fraction of sp³-hybridized carbons (Fsp3) is 0.500. The van der Waals surface area contributed by atoms with E-state index in [0.29, 0.717) is 18.2 Å². The summed E-state index contributed by atoms with van der Waals surface area (Å²) in [4.78, 5) is 35.5. The third kappa shape index (κ3) is 8.28. The number of benzene rings is 1. The number of hydrogen-bond acceptors (Lipinski definition) is 7. The van der Waals surface area contributed by atoms with Gasteiger partial charge in [-0.05, 0) is 62.8 Å². The van der Waals surface area contributed by atoms with Crippen molar-refractivity contribution in [3.8, 4) is 5.75 Å². The topological polar surface area (TPSA) is 141 Å². The van der Waals surface area contributed by atoms with Gasteiger partial charge in [0.15, 0.2) is 12.6 Å². The van der Waals surface area contributed by atoms with Crippen molar-refractivity contribution in [1.29, 1.82) is 5.41 Å². The normalized spacial score (nSPS) is 17.8. The molecule has 0 spiro atoms. The van der Waals surface area contributed by atoms with Crippen molar-refractivity contribution < 1.29 is 28.6 Å². The molecule has 4 N–H and O–H groups in total. The number of guanidine groups is 1. The summed E-state index contributed by atoms with van der Waals surface area (Å²) in [5.41, 5.74) is 5.53. The van der Waals surface area contributed by atoms with Crippen LogP contribution in [0.3, 0.4) is 0 Å². The van der Waals surface area contributed by atoms with Crippen LogP contribution in [0.15, 0.2) is 24.3 Å². The quantitative estimate of drug-likeness (QED) is 0.241. The fourth-order valence-electron chi connectivity index (χ4n) is 3.13. The number of rotatable bonds is 8. The molecule has 9 nitrogen and oxygen atoms in total. The smallest absolute Gasteiger partial charge is 0.344 e. The molecule has 0 saturated heterocycles. The maximum atomic E-state index is 12.4. The molecule has 2 rings (SSSR count). The maximum absolute atomic E-state index is 12.4. The Morgan fingerprint density at radius 1 is 1.10 bits per heavy atom. The molecule has 1 aliphatic carbocycles. The van der Waals surface area contributed by atoms with Crippen LogP contribution in [0.5, 0.6) is 5.75 Å². The van der Waals surface area contributed by atoms with Crippen molar-refractivity contribution in [1.82, 2.24) is 5.32 Å². The van der Waals surface area contributed by atoms with Crippen LogP contribution in [0.25, 0.3) is 0 Å². The molecule has 30 heavy (non-hydrogen) atoms. The lowest BCUT2D eigenvalue weighted by Gasteiger charge is -2.27. The van der Waals surface area contributed by atoms with Crippen LogP contribution >= 0.6 is 12.4 Å². The molecule has 0 bridgehead atoms. The fourth-order valence-corrected chi connectivity index (χ4v) is 3.13. The Hall–Kier alpha value is -2.81. The highest BCUT2D eigenvalue weighted by atomic mass is 35.5. The Labute approximate surface area is 181 Å². The largest absolute Gasteiger partial charge is 0.463 e. The van der Waals surface area contributed by atoms with Gasteiger partial charge >= 0.3 is 17.9 Å². The standard InChI is InChI=1S/C20H27N3O6.ClH/c1-2-27-17(24)12-28-18(25)14-7-9-16(10-8-14)29-19(26)15-5-3-13(4-6-15)11-23-20(21)22;/h7-10,13,15H,2-6,11-12H2,1H3,(H4,21,22,23);1H/t13-,15-;. The van der Waals surface area contributed by atoms with Gasteiger partial charge in [0, 0.05) is 6.54 Å². The Morgan fingerprint density at radius 2 is 1.73 bits per heavy atom. The third-order valence-electron chi connectivity index (χ3n) is 4.70. The third-order valence-corrected chi connectivity index (χ3v) is 4.70. The summed E-state index contributed by atoms with van der Waals surface area (Å²) in [7, 11) is 0. The summed E-state index contributed by atoms with van der Waals surface area (Å²) in [6.45, 7) is 2.07. The molecule has 0 amide bonds. The van der Waals surface area contributed by atoms with E-state index < -0.39 is 18.5 Å². The second-order valence-electron chi connectivity index (χ2n) is 6.84. The zero-order chi connectivity index (χ0) is 21.2. The Bertz CT molecular complexity index is 733. The molecule has 1 aliphatic rings. The van der Waals surface area contributed by atoms with E-state index >= 15 is 0 Å². The second kappa shape index (κ2) is 12.7. The number of carbonyl (C=O) groups excluding carboxylic acids is 3. The van der Waals surface area contributed by atoms with E-state index in [0.717, 1.165) is 25.7 Å². The van der Waals surface area contributed by atoms with Crippen molar-refractivity contribution in [2.75, 3.05) is 19.8 Å². The average molecular weight is 442 g/mol. The highest BCUT2D eigenvalue weighted by molar-refractivity contribution is 5.91. The minimum Gasteiger partial charge on any atom is -0.463 e. The first-order chi connectivity index (χ1) is 13.9. The molecule has 1 saturated carbocycles. The molecule has 0 aromatic heterocycles. The highest BCUT2D eigenvalue weighted by Crippen LogP contribution is 2.29. The molecule has 1 aromatic carbocycles. The van der Waals surface area contributed by atoms with Crippen molar-refractivity contribution in [3.05, 3.63) is 29.8 Å². The molecule has 1 fully saturated rings. The van der Waals surface area contributed by atoms with E-state index in [4.69, 9.17) is 20.6 Å².